The zero-order valence-electron chi connectivity index (χ0n) is 8.99. The van der Waals surface area contributed by atoms with Gasteiger partial charge in [-0.2, -0.15) is 0 Å². The highest BCUT2D eigenvalue weighted by molar-refractivity contribution is 5.81. The third-order valence-corrected chi connectivity index (χ3v) is 2.91. The van der Waals surface area contributed by atoms with Gasteiger partial charge in [0.2, 0.25) is 5.91 Å². The Labute approximate surface area is 85.1 Å². The van der Waals surface area contributed by atoms with E-state index in [1.807, 2.05) is 13.8 Å². The molecule has 1 aliphatic rings. The zero-order chi connectivity index (χ0) is 10.8. The van der Waals surface area contributed by atoms with Crippen LogP contribution in [0.2, 0.25) is 0 Å². The van der Waals surface area contributed by atoms with Gasteiger partial charge in [0.25, 0.3) is 0 Å². The number of aliphatic hydroxyl groups is 1. The maximum absolute atomic E-state index is 11.7. The molecule has 0 aromatic heterocycles. The normalized spacial score (nSPS) is 23.3. The van der Waals surface area contributed by atoms with Gasteiger partial charge in [-0.1, -0.05) is 6.92 Å². The molecule has 4 nitrogen and oxygen atoms in total. The van der Waals surface area contributed by atoms with Crippen molar-refractivity contribution >= 4 is 5.91 Å². The number of hydrogen-bond donors (Lipinski definition) is 2. The molecule has 0 spiro atoms. The fraction of sp³-hybridized carbons (Fsp3) is 0.900. The van der Waals surface area contributed by atoms with Crippen LogP contribution >= 0.6 is 0 Å². The summed E-state index contributed by atoms with van der Waals surface area (Å²) in [6, 6.07) is -0.377. The molecule has 0 radical (unpaired) electrons. The zero-order valence-corrected chi connectivity index (χ0v) is 8.99. The molecule has 0 aromatic carbocycles. The smallest absolute Gasteiger partial charge is 0.239 e. The first kappa shape index (κ1) is 11.5. The van der Waals surface area contributed by atoms with Gasteiger partial charge in [-0.3, -0.25) is 4.79 Å². The predicted molar refractivity (Wildman–Crippen MR) is 54.7 cm³/mol. The van der Waals surface area contributed by atoms with E-state index in [4.69, 9.17) is 5.73 Å². The molecule has 4 heteroatoms. The van der Waals surface area contributed by atoms with E-state index >= 15 is 0 Å². The number of nitrogens with zero attached hydrogens (tertiary/aromatic N) is 1. The van der Waals surface area contributed by atoms with E-state index in [-0.39, 0.29) is 11.9 Å². The molecule has 0 saturated carbocycles. The van der Waals surface area contributed by atoms with Crippen molar-refractivity contribution in [3.63, 3.8) is 0 Å². The van der Waals surface area contributed by atoms with Crippen LogP contribution in [-0.4, -0.2) is 40.6 Å². The third kappa shape index (κ3) is 2.69. The van der Waals surface area contributed by atoms with Crippen LogP contribution in [0.15, 0.2) is 0 Å². The average Bonchev–Trinajstić information content (AvgIpc) is 2.15. The lowest BCUT2D eigenvalue weighted by molar-refractivity contribution is -0.136. The molecular formula is C10H20N2O2. The van der Waals surface area contributed by atoms with Gasteiger partial charge in [-0.05, 0) is 26.2 Å². The highest BCUT2D eigenvalue weighted by Crippen LogP contribution is 2.21. The molecule has 1 saturated heterocycles. The molecule has 1 unspecified atom stereocenters. The summed E-state index contributed by atoms with van der Waals surface area (Å²) in [6.45, 7) is 4.97. The lowest BCUT2D eigenvalue weighted by atomic mass is 9.93. The SMILES string of the molecule is CCC(N)C(=O)N1CCC(C)(O)CC1. The van der Waals surface area contributed by atoms with E-state index < -0.39 is 5.60 Å². The summed E-state index contributed by atoms with van der Waals surface area (Å²) in [5, 5.41) is 9.70. The summed E-state index contributed by atoms with van der Waals surface area (Å²) in [7, 11) is 0. The highest BCUT2D eigenvalue weighted by Gasteiger charge is 2.30. The Morgan fingerprint density at radius 1 is 1.57 bits per heavy atom. The Balaban J connectivity index is 2.46. The largest absolute Gasteiger partial charge is 0.390 e. The molecule has 14 heavy (non-hydrogen) atoms. The Bertz CT molecular complexity index is 206. The second kappa shape index (κ2) is 4.28. The lowest BCUT2D eigenvalue weighted by Gasteiger charge is -2.36. The Hall–Kier alpha value is -0.610. The molecule has 3 N–H and O–H groups in total. The van der Waals surface area contributed by atoms with Crippen molar-refractivity contribution in [1.29, 1.82) is 0 Å². The average molecular weight is 200 g/mol. The Morgan fingerprint density at radius 3 is 2.50 bits per heavy atom. The lowest BCUT2D eigenvalue weighted by Crippen LogP contribution is -2.50. The summed E-state index contributed by atoms with van der Waals surface area (Å²) < 4.78 is 0. The number of hydrogen-bond acceptors (Lipinski definition) is 3. The van der Waals surface area contributed by atoms with Gasteiger partial charge in [0, 0.05) is 13.1 Å². The highest BCUT2D eigenvalue weighted by atomic mass is 16.3. The summed E-state index contributed by atoms with van der Waals surface area (Å²) >= 11 is 0. The van der Waals surface area contributed by atoms with Crippen molar-refractivity contribution in [1.82, 2.24) is 4.90 Å². The monoisotopic (exact) mass is 200 g/mol. The van der Waals surface area contributed by atoms with E-state index in [1.54, 1.807) is 4.90 Å². The fourth-order valence-electron chi connectivity index (χ4n) is 1.62. The van der Waals surface area contributed by atoms with Crippen LogP contribution in [0.3, 0.4) is 0 Å². The summed E-state index contributed by atoms with van der Waals surface area (Å²) in [6.07, 6.45) is 1.97. The van der Waals surface area contributed by atoms with Crippen LogP contribution in [0.25, 0.3) is 0 Å². The van der Waals surface area contributed by atoms with Gasteiger partial charge in [0.1, 0.15) is 0 Å². The molecule has 1 heterocycles. The van der Waals surface area contributed by atoms with Crippen LogP contribution in [0.1, 0.15) is 33.1 Å². The Morgan fingerprint density at radius 2 is 2.07 bits per heavy atom. The van der Waals surface area contributed by atoms with Crippen LogP contribution in [-0.2, 0) is 4.79 Å². The summed E-state index contributed by atoms with van der Waals surface area (Å²) in [5.41, 5.74) is 5.06. The van der Waals surface area contributed by atoms with Gasteiger partial charge >= 0.3 is 0 Å². The molecule has 82 valence electrons. The first-order valence-electron chi connectivity index (χ1n) is 5.23. The van der Waals surface area contributed by atoms with Gasteiger partial charge in [-0.25, -0.2) is 0 Å². The molecule has 1 amide bonds. The minimum Gasteiger partial charge on any atom is -0.390 e. The number of piperidine rings is 1. The molecule has 1 fully saturated rings. The predicted octanol–water partition coefficient (Wildman–Crippen LogP) is 0.0971. The van der Waals surface area contributed by atoms with Gasteiger partial charge in [-0.15, -0.1) is 0 Å². The van der Waals surface area contributed by atoms with E-state index in [1.165, 1.54) is 0 Å². The van der Waals surface area contributed by atoms with Crippen LogP contribution < -0.4 is 5.73 Å². The number of carbonyl (C=O) groups is 1. The van der Waals surface area contributed by atoms with Crippen molar-refractivity contribution < 1.29 is 9.90 Å². The molecular weight excluding hydrogens is 180 g/mol. The van der Waals surface area contributed by atoms with Crippen molar-refractivity contribution in [2.45, 2.75) is 44.8 Å². The first-order chi connectivity index (χ1) is 6.46. The second-order valence-corrected chi connectivity index (χ2v) is 4.34. The quantitative estimate of drug-likeness (QED) is 0.664. The fourth-order valence-corrected chi connectivity index (χ4v) is 1.62. The third-order valence-electron chi connectivity index (χ3n) is 2.91. The van der Waals surface area contributed by atoms with E-state index in [2.05, 4.69) is 0 Å². The Kier molecular flexibility index (Phi) is 3.50. The molecule has 1 rings (SSSR count). The van der Waals surface area contributed by atoms with Crippen molar-refractivity contribution in [3.8, 4) is 0 Å². The summed E-state index contributed by atoms with van der Waals surface area (Å²) in [5.74, 6) is 0.0167. The number of rotatable bonds is 2. The van der Waals surface area contributed by atoms with Crippen molar-refractivity contribution in [2.75, 3.05) is 13.1 Å². The molecule has 0 aliphatic carbocycles. The van der Waals surface area contributed by atoms with E-state index in [0.717, 1.165) is 0 Å². The van der Waals surface area contributed by atoms with E-state index in [0.29, 0.717) is 32.4 Å². The van der Waals surface area contributed by atoms with Gasteiger partial charge in [0.05, 0.1) is 11.6 Å². The van der Waals surface area contributed by atoms with Crippen LogP contribution in [0, 0.1) is 0 Å². The van der Waals surface area contributed by atoms with Crippen molar-refractivity contribution in [2.24, 2.45) is 5.73 Å². The summed E-state index contributed by atoms with van der Waals surface area (Å²) in [4.78, 5) is 13.4. The van der Waals surface area contributed by atoms with E-state index in [9.17, 15) is 9.90 Å². The van der Waals surface area contributed by atoms with Gasteiger partial charge < -0.3 is 15.7 Å². The number of nitrogens with two attached hydrogens (primary N) is 1. The van der Waals surface area contributed by atoms with Crippen LogP contribution in [0.5, 0.6) is 0 Å². The molecule has 0 bridgehead atoms. The topological polar surface area (TPSA) is 66.6 Å². The minimum atomic E-state index is -0.604. The van der Waals surface area contributed by atoms with Crippen molar-refractivity contribution in [3.05, 3.63) is 0 Å². The second-order valence-electron chi connectivity index (χ2n) is 4.34. The molecule has 0 aromatic rings. The first-order valence-corrected chi connectivity index (χ1v) is 5.23. The molecule has 1 atom stereocenters. The standard InChI is InChI=1S/C10H20N2O2/c1-3-8(11)9(13)12-6-4-10(2,14)5-7-12/h8,14H,3-7,11H2,1-2H3. The minimum absolute atomic E-state index is 0.0167. The maximum atomic E-state index is 11.7. The van der Waals surface area contributed by atoms with Crippen LogP contribution in [0.4, 0.5) is 0 Å². The number of amides is 1. The van der Waals surface area contributed by atoms with Gasteiger partial charge in [0.15, 0.2) is 0 Å². The number of carbonyl (C=O) groups excluding carboxylic acids is 1. The maximum Gasteiger partial charge on any atom is 0.239 e. The molecule has 1 aliphatic heterocycles. The number of likely N-dealkylation sites (tertiary alicyclic amines) is 1.